The van der Waals surface area contributed by atoms with Crippen LogP contribution in [0.4, 0.5) is 0 Å². The zero-order chi connectivity index (χ0) is 23.4. The van der Waals surface area contributed by atoms with Gasteiger partial charge in [-0.1, -0.05) is 0 Å². The van der Waals surface area contributed by atoms with Crippen LogP contribution >= 0.6 is 27.4 Å². The zero-order valence-electron chi connectivity index (χ0n) is 16.2. The number of phosphoric ester groups is 1. The van der Waals surface area contributed by atoms with Crippen LogP contribution in [0.15, 0.2) is 22.1 Å². The summed E-state index contributed by atoms with van der Waals surface area (Å²) in [6.45, 7) is -0.901. The molecule has 5 atom stereocenters. The van der Waals surface area contributed by atoms with E-state index in [1.54, 1.807) is 0 Å². The number of nitrogens with zero attached hydrogens (tertiary/aromatic N) is 2. The minimum absolute atomic E-state index is 0. The van der Waals surface area contributed by atoms with E-state index in [1.165, 1.54) is 12.3 Å². The molecule has 16 nitrogen and oxygen atoms in total. The molecular formula is C13H23N3O13P2S. The second-order valence-electron chi connectivity index (χ2n) is 6.18. The molecule has 1 unspecified atom stereocenters. The second-order valence-corrected chi connectivity index (χ2v) is 10.1. The topological polar surface area (TPSA) is 270 Å². The van der Waals surface area contributed by atoms with Crippen molar-refractivity contribution in [3.05, 3.63) is 22.7 Å². The number of carboxylic acid groups (broad SMARTS) is 1. The largest absolute Gasteiger partial charge is 0.481 e. The highest BCUT2D eigenvalue weighted by molar-refractivity contribution is 7.99. The van der Waals surface area contributed by atoms with E-state index in [4.69, 9.17) is 19.6 Å². The first-order chi connectivity index (χ1) is 14.3. The molecule has 1 aliphatic heterocycles. The summed E-state index contributed by atoms with van der Waals surface area (Å²) < 4.78 is 36.2. The number of ether oxygens (including phenoxy) is 1. The molecule has 1 saturated heterocycles. The van der Waals surface area contributed by atoms with Gasteiger partial charge in [0.05, 0.1) is 6.61 Å². The minimum atomic E-state index is -5.34. The summed E-state index contributed by atoms with van der Waals surface area (Å²) in [6, 6.07) is 1.41. The van der Waals surface area contributed by atoms with E-state index in [2.05, 4.69) is 13.8 Å². The van der Waals surface area contributed by atoms with E-state index >= 15 is 0 Å². The fourth-order valence-corrected chi connectivity index (χ4v) is 4.89. The van der Waals surface area contributed by atoms with Gasteiger partial charge in [-0.3, -0.25) is 13.9 Å². The van der Waals surface area contributed by atoms with Crippen molar-refractivity contribution in [3.63, 3.8) is 0 Å². The highest BCUT2D eigenvalue weighted by atomic mass is 32.2. The number of carboxylic acids is 1. The normalized spacial score (nSPS) is 25.2. The van der Waals surface area contributed by atoms with Crippen LogP contribution in [-0.2, 0) is 27.5 Å². The van der Waals surface area contributed by atoms with Crippen LogP contribution in [0.5, 0.6) is 0 Å². The Hall–Kier alpha value is -1.20. The standard InChI is InChI=1S/C13H20N2O13P2S.H3N/c16-9(17)2-1-5-31-8-3-4-15(13(20)14-8)12-11(19)10(18)7(27-12)6-26-30(24,25)28-29(21,22)23;/h3-4,7,10-12,18-19H,1-2,5-6H2,(H,16,17)(H,24,25)(H2,21,22,23);1H3/t7-,10-,11-,12-;/m1./s1. The Morgan fingerprint density at radius 2 is 1.91 bits per heavy atom. The maximum absolute atomic E-state index is 12.2. The summed E-state index contributed by atoms with van der Waals surface area (Å²) in [7, 11) is -10.5. The van der Waals surface area contributed by atoms with Crippen LogP contribution in [0.25, 0.3) is 0 Å². The third-order valence-electron chi connectivity index (χ3n) is 3.81. The van der Waals surface area contributed by atoms with Crippen molar-refractivity contribution < 1.29 is 57.5 Å². The number of thioether (sulfide) groups is 1. The van der Waals surface area contributed by atoms with Gasteiger partial charge >= 0.3 is 27.3 Å². The van der Waals surface area contributed by atoms with Crippen molar-refractivity contribution in [1.82, 2.24) is 15.7 Å². The summed E-state index contributed by atoms with van der Waals surface area (Å²) in [6.07, 6.45) is -4.67. The summed E-state index contributed by atoms with van der Waals surface area (Å²) in [4.78, 5) is 52.9. The highest BCUT2D eigenvalue weighted by Crippen LogP contribution is 2.57. The van der Waals surface area contributed by atoms with Gasteiger partial charge in [0.25, 0.3) is 0 Å². The molecule has 1 fully saturated rings. The molecule has 0 saturated carbocycles. The number of hydrogen-bond donors (Lipinski definition) is 7. The van der Waals surface area contributed by atoms with Gasteiger partial charge in [-0.15, -0.1) is 11.8 Å². The lowest BCUT2D eigenvalue weighted by Crippen LogP contribution is -2.36. The Morgan fingerprint density at radius 1 is 1.25 bits per heavy atom. The summed E-state index contributed by atoms with van der Waals surface area (Å²) >= 11 is 1.15. The maximum atomic E-state index is 12.2. The van der Waals surface area contributed by atoms with Crippen molar-refractivity contribution in [2.45, 2.75) is 42.4 Å². The molecule has 0 radical (unpaired) electrons. The number of aliphatic hydroxyl groups excluding tert-OH is 2. The predicted molar refractivity (Wildman–Crippen MR) is 106 cm³/mol. The number of aliphatic carboxylic acids is 1. The monoisotopic (exact) mass is 523 g/mol. The lowest BCUT2D eigenvalue weighted by molar-refractivity contribution is -0.137. The Kier molecular flexibility index (Phi) is 10.6. The van der Waals surface area contributed by atoms with Gasteiger partial charge in [-0.2, -0.15) is 9.29 Å². The van der Waals surface area contributed by atoms with E-state index in [0.29, 0.717) is 17.2 Å². The molecule has 184 valence electrons. The second kappa shape index (κ2) is 11.8. The fourth-order valence-electron chi connectivity index (χ4n) is 2.49. The minimum Gasteiger partial charge on any atom is -0.481 e. The molecule has 0 amide bonds. The molecule has 0 aromatic carbocycles. The molecule has 0 aliphatic carbocycles. The number of rotatable bonds is 11. The SMILES string of the molecule is N.O=C(O)CCCSc1ccn([C@@H]2O[C@H](COP(=O)(O)OP(=O)(O)O)[C@@H](O)[C@H]2O)c(=O)n1. The van der Waals surface area contributed by atoms with Gasteiger partial charge < -0.3 is 40.9 Å². The van der Waals surface area contributed by atoms with Crippen LogP contribution in [0.3, 0.4) is 0 Å². The van der Waals surface area contributed by atoms with Gasteiger partial charge in [0.15, 0.2) is 6.23 Å². The van der Waals surface area contributed by atoms with Crippen LogP contribution < -0.4 is 11.8 Å². The van der Waals surface area contributed by atoms with E-state index in [9.17, 15) is 33.8 Å². The van der Waals surface area contributed by atoms with Gasteiger partial charge in [0, 0.05) is 18.4 Å². The average molecular weight is 523 g/mol. The Balaban J connectivity index is 0.00000512. The first kappa shape index (κ1) is 28.8. The molecule has 1 aromatic heterocycles. The van der Waals surface area contributed by atoms with Crippen LogP contribution in [0, 0.1) is 0 Å². The maximum Gasteiger partial charge on any atom is 0.481 e. The number of carbonyl (C=O) groups is 1. The van der Waals surface area contributed by atoms with Crippen LogP contribution in [0.2, 0.25) is 0 Å². The van der Waals surface area contributed by atoms with E-state index in [1.807, 2.05) is 0 Å². The lowest BCUT2D eigenvalue weighted by atomic mass is 10.1. The third-order valence-corrected chi connectivity index (χ3v) is 6.98. The van der Waals surface area contributed by atoms with Crippen molar-refractivity contribution in [1.29, 1.82) is 0 Å². The fraction of sp³-hybridized carbons (Fsp3) is 0.615. The number of aliphatic hydroxyl groups is 2. The molecule has 2 rings (SSSR count). The summed E-state index contributed by atoms with van der Waals surface area (Å²) in [5.41, 5.74) is -0.848. The van der Waals surface area contributed by atoms with E-state index < -0.39 is 58.5 Å². The highest BCUT2D eigenvalue weighted by Gasteiger charge is 2.45. The van der Waals surface area contributed by atoms with Gasteiger partial charge in [-0.05, 0) is 12.5 Å². The molecule has 19 heteroatoms. The first-order valence-electron chi connectivity index (χ1n) is 8.49. The van der Waals surface area contributed by atoms with E-state index in [0.717, 1.165) is 16.3 Å². The van der Waals surface area contributed by atoms with Crippen LogP contribution in [-0.4, -0.2) is 76.2 Å². The molecule has 1 aromatic rings. The lowest BCUT2D eigenvalue weighted by Gasteiger charge is -2.18. The summed E-state index contributed by atoms with van der Waals surface area (Å²) in [5, 5.41) is 29.1. The summed E-state index contributed by atoms with van der Waals surface area (Å²) in [5.74, 6) is -0.541. The Morgan fingerprint density at radius 3 is 2.47 bits per heavy atom. The van der Waals surface area contributed by atoms with Gasteiger partial charge in [-0.25, -0.2) is 13.9 Å². The van der Waals surface area contributed by atoms with Crippen molar-refractivity contribution in [3.8, 4) is 0 Å². The van der Waals surface area contributed by atoms with Crippen molar-refractivity contribution >= 4 is 33.4 Å². The number of phosphoric acid groups is 2. The molecule has 32 heavy (non-hydrogen) atoms. The number of aromatic nitrogens is 2. The molecule has 0 bridgehead atoms. The third kappa shape index (κ3) is 8.62. The van der Waals surface area contributed by atoms with Gasteiger partial charge in [0.1, 0.15) is 23.3 Å². The average Bonchev–Trinajstić information content (AvgIpc) is 2.90. The predicted octanol–water partition coefficient (Wildman–Crippen LogP) is -0.792. The first-order valence-corrected chi connectivity index (χ1v) is 12.5. The smallest absolute Gasteiger partial charge is 0.481 e. The quantitative estimate of drug-likeness (QED) is 0.0810. The van der Waals surface area contributed by atoms with Crippen LogP contribution in [0.1, 0.15) is 19.1 Å². The molecular weight excluding hydrogens is 500 g/mol. The number of hydrogen-bond acceptors (Lipinski definition) is 12. The molecule has 2 heterocycles. The van der Waals surface area contributed by atoms with Crippen molar-refractivity contribution in [2.24, 2.45) is 0 Å². The van der Waals surface area contributed by atoms with Gasteiger partial charge in [0.2, 0.25) is 0 Å². The molecule has 0 spiro atoms. The molecule has 1 aliphatic rings. The van der Waals surface area contributed by atoms with Crippen molar-refractivity contribution in [2.75, 3.05) is 12.4 Å². The molecule has 9 N–H and O–H groups in total. The van der Waals surface area contributed by atoms with E-state index in [-0.39, 0.29) is 12.6 Å². The Labute approximate surface area is 184 Å². The Bertz CT molecular complexity index is 940. The zero-order valence-corrected chi connectivity index (χ0v) is 18.8.